The first-order chi connectivity index (χ1) is 7.88. The summed E-state index contributed by atoms with van der Waals surface area (Å²) in [5.41, 5.74) is 0. The fraction of sp³-hybridized carbons (Fsp3) is 0.900. The molecular weight excluding hydrogens is 244 g/mol. The predicted octanol–water partition coefficient (Wildman–Crippen LogP) is -0.533. The van der Waals surface area contributed by atoms with Gasteiger partial charge in [-0.3, -0.25) is 4.79 Å². The van der Waals surface area contributed by atoms with Crippen LogP contribution < -0.4 is 10.0 Å². The minimum absolute atomic E-state index is 0.305. The molecule has 1 aliphatic heterocycles. The Balaban J connectivity index is 2.28. The van der Waals surface area contributed by atoms with E-state index in [1.54, 1.807) is 0 Å². The molecule has 0 aromatic heterocycles. The first-order valence-corrected chi connectivity index (χ1v) is 7.60. The van der Waals surface area contributed by atoms with E-state index in [1.807, 2.05) is 0 Å². The molecule has 1 heterocycles. The van der Waals surface area contributed by atoms with Gasteiger partial charge in [0.15, 0.2) is 0 Å². The van der Waals surface area contributed by atoms with E-state index in [-0.39, 0.29) is 5.91 Å². The van der Waals surface area contributed by atoms with E-state index in [1.165, 1.54) is 6.92 Å². The van der Waals surface area contributed by atoms with Crippen molar-refractivity contribution < 1.29 is 17.9 Å². The molecule has 1 rings (SSSR count). The summed E-state index contributed by atoms with van der Waals surface area (Å²) >= 11 is 0. The minimum atomic E-state index is -3.35. The Morgan fingerprint density at radius 3 is 2.76 bits per heavy atom. The number of nitrogens with one attached hydrogen (secondary N) is 2. The zero-order chi connectivity index (χ0) is 12.9. The van der Waals surface area contributed by atoms with E-state index in [0.717, 1.165) is 25.7 Å². The smallest absolute Gasteiger partial charge is 0.237 e. The van der Waals surface area contributed by atoms with Crippen LogP contribution in [0.2, 0.25) is 0 Å². The number of carbonyl (C=O) groups is 1. The van der Waals surface area contributed by atoms with Gasteiger partial charge >= 0.3 is 0 Å². The highest BCUT2D eigenvalue weighted by Gasteiger charge is 2.19. The SMILES string of the molecule is CC(NS(C)(=O)=O)C(=O)NCC1CCCOC1. The van der Waals surface area contributed by atoms with Gasteiger partial charge < -0.3 is 10.1 Å². The second-order valence-corrected chi connectivity index (χ2v) is 6.22. The van der Waals surface area contributed by atoms with Gasteiger partial charge in [0, 0.05) is 13.2 Å². The lowest BCUT2D eigenvalue weighted by Gasteiger charge is -2.23. The van der Waals surface area contributed by atoms with Crippen molar-refractivity contribution in [1.29, 1.82) is 0 Å². The molecular formula is C10H20N2O4S. The number of hydrogen-bond donors (Lipinski definition) is 2. The Bertz CT molecular complexity index is 349. The summed E-state index contributed by atoms with van der Waals surface area (Å²) in [5.74, 6) is 0.0270. The second-order valence-electron chi connectivity index (χ2n) is 4.44. The summed E-state index contributed by atoms with van der Waals surface area (Å²) in [4.78, 5) is 11.6. The summed E-state index contributed by atoms with van der Waals surface area (Å²) in [5, 5.41) is 2.73. The number of sulfonamides is 1. The summed E-state index contributed by atoms with van der Waals surface area (Å²) in [6.07, 6.45) is 3.08. The lowest BCUT2D eigenvalue weighted by atomic mass is 10.0. The lowest BCUT2D eigenvalue weighted by molar-refractivity contribution is -0.122. The fourth-order valence-corrected chi connectivity index (χ4v) is 2.49. The van der Waals surface area contributed by atoms with E-state index in [2.05, 4.69) is 10.0 Å². The minimum Gasteiger partial charge on any atom is -0.381 e. The molecule has 17 heavy (non-hydrogen) atoms. The molecule has 6 nitrogen and oxygen atoms in total. The predicted molar refractivity (Wildman–Crippen MR) is 64.0 cm³/mol. The molecule has 100 valence electrons. The molecule has 1 aliphatic rings. The average molecular weight is 264 g/mol. The zero-order valence-corrected chi connectivity index (χ0v) is 11.0. The molecule has 1 amide bonds. The maximum Gasteiger partial charge on any atom is 0.237 e. The maximum absolute atomic E-state index is 11.6. The maximum atomic E-state index is 11.6. The number of ether oxygens (including phenoxy) is 1. The average Bonchev–Trinajstić information content (AvgIpc) is 2.25. The zero-order valence-electron chi connectivity index (χ0n) is 10.2. The van der Waals surface area contributed by atoms with E-state index in [4.69, 9.17) is 4.74 Å². The molecule has 7 heteroatoms. The number of amides is 1. The second kappa shape index (κ2) is 6.32. The van der Waals surface area contributed by atoms with Crippen LogP contribution in [0.4, 0.5) is 0 Å². The van der Waals surface area contributed by atoms with Crippen LogP contribution in [0.5, 0.6) is 0 Å². The van der Waals surface area contributed by atoms with Crippen LogP contribution in [-0.4, -0.2) is 46.4 Å². The lowest BCUT2D eigenvalue weighted by Crippen LogP contribution is -2.46. The Morgan fingerprint density at radius 2 is 2.24 bits per heavy atom. The van der Waals surface area contributed by atoms with Crippen molar-refractivity contribution in [2.24, 2.45) is 5.92 Å². The van der Waals surface area contributed by atoms with Gasteiger partial charge in [0.2, 0.25) is 15.9 Å². The van der Waals surface area contributed by atoms with Gasteiger partial charge in [-0.15, -0.1) is 0 Å². The Hall–Kier alpha value is -0.660. The van der Waals surface area contributed by atoms with Gasteiger partial charge in [-0.2, -0.15) is 0 Å². The molecule has 0 saturated carbocycles. The normalized spacial score (nSPS) is 23.1. The molecule has 2 N–H and O–H groups in total. The quantitative estimate of drug-likeness (QED) is 0.699. The topological polar surface area (TPSA) is 84.5 Å². The Morgan fingerprint density at radius 1 is 1.53 bits per heavy atom. The first kappa shape index (κ1) is 14.4. The van der Waals surface area contributed by atoms with Crippen molar-refractivity contribution >= 4 is 15.9 Å². The Kier molecular flexibility index (Phi) is 5.35. The third-order valence-electron chi connectivity index (χ3n) is 2.60. The molecule has 0 aromatic carbocycles. The number of rotatable bonds is 5. The van der Waals surface area contributed by atoms with Gasteiger partial charge in [-0.05, 0) is 25.7 Å². The van der Waals surface area contributed by atoms with Crippen LogP contribution in [0, 0.1) is 5.92 Å². The van der Waals surface area contributed by atoms with Crippen LogP contribution in [0.25, 0.3) is 0 Å². The highest BCUT2D eigenvalue weighted by Crippen LogP contribution is 2.12. The number of carbonyl (C=O) groups excluding carboxylic acids is 1. The third kappa shape index (κ3) is 5.99. The first-order valence-electron chi connectivity index (χ1n) is 5.71. The molecule has 2 atom stereocenters. The van der Waals surface area contributed by atoms with Crippen LogP contribution in [0.3, 0.4) is 0 Å². The van der Waals surface area contributed by atoms with Gasteiger partial charge in [-0.25, -0.2) is 13.1 Å². The number of hydrogen-bond acceptors (Lipinski definition) is 4. The van der Waals surface area contributed by atoms with Crippen molar-refractivity contribution in [3.63, 3.8) is 0 Å². The molecule has 0 bridgehead atoms. The van der Waals surface area contributed by atoms with Crippen LogP contribution in [0.1, 0.15) is 19.8 Å². The van der Waals surface area contributed by atoms with Gasteiger partial charge in [0.1, 0.15) is 0 Å². The van der Waals surface area contributed by atoms with E-state index in [9.17, 15) is 13.2 Å². The molecule has 0 aromatic rings. The monoisotopic (exact) mass is 264 g/mol. The Labute approximate surface area is 102 Å². The van der Waals surface area contributed by atoms with Gasteiger partial charge in [0.05, 0.1) is 18.9 Å². The molecule has 1 saturated heterocycles. The van der Waals surface area contributed by atoms with Crippen molar-refractivity contribution in [2.75, 3.05) is 26.0 Å². The van der Waals surface area contributed by atoms with Crippen LogP contribution in [0.15, 0.2) is 0 Å². The standard InChI is InChI=1S/C10H20N2O4S/c1-8(12-17(2,14)15)10(13)11-6-9-4-3-5-16-7-9/h8-9,12H,3-7H2,1-2H3,(H,11,13). The summed E-state index contributed by atoms with van der Waals surface area (Å²) < 4.78 is 29.4. The highest BCUT2D eigenvalue weighted by atomic mass is 32.2. The summed E-state index contributed by atoms with van der Waals surface area (Å²) in [6, 6.07) is -0.741. The van der Waals surface area contributed by atoms with Crippen molar-refractivity contribution in [3.05, 3.63) is 0 Å². The third-order valence-corrected chi connectivity index (χ3v) is 3.39. The van der Waals surface area contributed by atoms with Crippen LogP contribution >= 0.6 is 0 Å². The summed E-state index contributed by atoms with van der Waals surface area (Å²) in [7, 11) is -3.35. The molecule has 0 aliphatic carbocycles. The molecule has 0 radical (unpaired) electrons. The largest absolute Gasteiger partial charge is 0.381 e. The van der Waals surface area contributed by atoms with Gasteiger partial charge in [0.25, 0.3) is 0 Å². The van der Waals surface area contributed by atoms with Gasteiger partial charge in [-0.1, -0.05) is 0 Å². The molecule has 2 unspecified atom stereocenters. The van der Waals surface area contributed by atoms with Crippen LogP contribution in [-0.2, 0) is 19.6 Å². The molecule has 0 spiro atoms. The van der Waals surface area contributed by atoms with E-state index in [0.29, 0.717) is 19.1 Å². The van der Waals surface area contributed by atoms with Crippen molar-refractivity contribution in [2.45, 2.75) is 25.8 Å². The van der Waals surface area contributed by atoms with Crippen molar-refractivity contribution in [3.8, 4) is 0 Å². The summed E-state index contributed by atoms with van der Waals surface area (Å²) in [6.45, 7) is 3.51. The molecule has 1 fully saturated rings. The van der Waals surface area contributed by atoms with E-state index >= 15 is 0 Å². The fourth-order valence-electron chi connectivity index (χ4n) is 1.74. The van der Waals surface area contributed by atoms with Crippen molar-refractivity contribution in [1.82, 2.24) is 10.0 Å². The highest BCUT2D eigenvalue weighted by molar-refractivity contribution is 7.88. The van der Waals surface area contributed by atoms with E-state index < -0.39 is 16.1 Å².